The van der Waals surface area contributed by atoms with Gasteiger partial charge in [0, 0.05) is 60.6 Å². The first-order chi connectivity index (χ1) is 16.9. The second kappa shape index (κ2) is 10.9. The van der Waals surface area contributed by atoms with Gasteiger partial charge in [-0.15, -0.1) is 10.1 Å². The minimum absolute atomic E-state index is 0.0541. The van der Waals surface area contributed by atoms with Gasteiger partial charge in [-0.2, -0.15) is 0 Å². The number of nitrogens with zero attached hydrogens (tertiary/aromatic N) is 4. The summed E-state index contributed by atoms with van der Waals surface area (Å²) in [6, 6.07) is 7.25. The normalized spacial score (nSPS) is 21.1. The molecule has 188 valence electrons. The lowest BCUT2D eigenvalue weighted by Crippen LogP contribution is -2.53. The molecule has 2 aliphatic rings. The molecule has 1 aliphatic carbocycles. The first-order valence-corrected chi connectivity index (χ1v) is 12.4. The van der Waals surface area contributed by atoms with Crippen LogP contribution in [0.1, 0.15) is 49.4 Å². The number of imidazole rings is 1. The van der Waals surface area contributed by atoms with Crippen molar-refractivity contribution in [3.05, 3.63) is 63.9 Å². The number of fused-ring (bicyclic) bond motifs is 2. The SMILES string of the molecule is CCN1C[C@H](C(=O)NCCCc2cnc[nH]2)C[C@@H]2c3cccc4c3c(cn4CC)C[C@H]21.O=[N+]([O-])O. The maximum absolute atomic E-state index is 13.1. The third-order valence-corrected chi connectivity index (χ3v) is 7.37. The van der Waals surface area contributed by atoms with Crippen LogP contribution in [0.5, 0.6) is 0 Å². The summed E-state index contributed by atoms with van der Waals surface area (Å²) in [7, 11) is 0. The van der Waals surface area contributed by atoms with Crippen LogP contribution in [-0.4, -0.2) is 61.3 Å². The number of amides is 1. The molecule has 1 aromatic carbocycles. The lowest BCUT2D eigenvalue weighted by molar-refractivity contribution is -0.742. The molecule has 3 aromatic rings. The monoisotopic (exact) mass is 482 g/mol. The highest BCUT2D eigenvalue weighted by molar-refractivity contribution is 5.89. The molecule has 1 fully saturated rings. The molecular formula is C25H34N6O4. The molecule has 0 bridgehead atoms. The number of rotatable bonds is 7. The van der Waals surface area contributed by atoms with Crippen molar-refractivity contribution in [1.82, 2.24) is 24.8 Å². The van der Waals surface area contributed by atoms with E-state index in [4.69, 9.17) is 15.3 Å². The molecule has 1 aliphatic heterocycles. The van der Waals surface area contributed by atoms with Gasteiger partial charge in [-0.05, 0) is 56.3 Å². The second-order valence-electron chi connectivity index (χ2n) is 9.29. The summed E-state index contributed by atoms with van der Waals surface area (Å²) < 4.78 is 2.38. The standard InChI is InChI=1S/C25H33N5O.HNO3/c1-3-29-14-17-12-23-21(20-8-5-9-22(29)24(17)20)11-18(15-30(23)4-2)25(31)27-10-6-7-19-13-26-16-28-19;2-1(3)4/h5,8-9,13-14,16,18,21,23H,3-4,6-7,10-12,15H2,1-2H3,(H,26,28)(H,27,31);(H,2,3,4)/t18-,21-,23-;/m1./s1. The summed E-state index contributed by atoms with van der Waals surface area (Å²) >= 11 is 0. The number of hydrogen-bond donors (Lipinski definition) is 3. The number of likely N-dealkylation sites (tertiary alicyclic amines) is 1. The number of aromatic nitrogens is 3. The Hall–Kier alpha value is -3.40. The third-order valence-electron chi connectivity index (χ3n) is 7.37. The molecular weight excluding hydrogens is 448 g/mol. The molecule has 35 heavy (non-hydrogen) atoms. The molecule has 1 saturated heterocycles. The van der Waals surface area contributed by atoms with Crippen LogP contribution in [0, 0.1) is 16.0 Å². The average Bonchev–Trinajstić information content (AvgIpc) is 3.49. The fourth-order valence-corrected chi connectivity index (χ4v) is 5.85. The number of carbonyl (C=O) groups excluding carboxylic acids is 1. The number of carbonyl (C=O) groups is 1. The quantitative estimate of drug-likeness (QED) is 0.270. The van der Waals surface area contributed by atoms with Crippen molar-refractivity contribution in [2.24, 2.45) is 5.92 Å². The Morgan fingerprint density at radius 1 is 1.34 bits per heavy atom. The van der Waals surface area contributed by atoms with E-state index in [0.717, 1.165) is 51.0 Å². The van der Waals surface area contributed by atoms with E-state index >= 15 is 0 Å². The van der Waals surface area contributed by atoms with Gasteiger partial charge < -0.3 is 20.1 Å². The van der Waals surface area contributed by atoms with Crippen LogP contribution in [0.25, 0.3) is 10.9 Å². The number of aryl methyl sites for hydroxylation is 2. The second-order valence-corrected chi connectivity index (χ2v) is 9.29. The van der Waals surface area contributed by atoms with Crippen LogP contribution in [-0.2, 0) is 24.2 Å². The largest absolute Gasteiger partial charge is 0.356 e. The van der Waals surface area contributed by atoms with Crippen molar-refractivity contribution < 1.29 is 15.1 Å². The van der Waals surface area contributed by atoms with E-state index in [9.17, 15) is 4.79 Å². The molecule has 1 amide bonds. The maximum atomic E-state index is 13.1. The molecule has 0 unspecified atom stereocenters. The highest BCUT2D eigenvalue weighted by Crippen LogP contribution is 2.45. The first kappa shape index (κ1) is 24.7. The van der Waals surface area contributed by atoms with Crippen LogP contribution in [0.2, 0.25) is 0 Å². The van der Waals surface area contributed by atoms with Crippen molar-refractivity contribution in [2.45, 2.75) is 58.0 Å². The Labute approximate surface area is 204 Å². The van der Waals surface area contributed by atoms with Crippen molar-refractivity contribution in [3.63, 3.8) is 0 Å². The van der Waals surface area contributed by atoms with Gasteiger partial charge in [0.1, 0.15) is 0 Å². The average molecular weight is 483 g/mol. The van der Waals surface area contributed by atoms with Gasteiger partial charge in [0.05, 0.1) is 12.2 Å². The summed E-state index contributed by atoms with van der Waals surface area (Å²) in [5.41, 5.74) is 5.40. The zero-order valence-corrected chi connectivity index (χ0v) is 20.3. The minimum Gasteiger partial charge on any atom is -0.356 e. The van der Waals surface area contributed by atoms with Crippen LogP contribution < -0.4 is 5.32 Å². The highest BCUT2D eigenvalue weighted by atomic mass is 16.9. The molecule has 5 rings (SSSR count). The van der Waals surface area contributed by atoms with Crippen LogP contribution in [0.4, 0.5) is 0 Å². The lowest BCUT2D eigenvalue weighted by Gasteiger charge is -2.46. The summed E-state index contributed by atoms with van der Waals surface area (Å²) in [6.45, 7) is 8.01. The predicted octanol–water partition coefficient (Wildman–Crippen LogP) is 3.14. The van der Waals surface area contributed by atoms with E-state index in [1.807, 2.05) is 6.20 Å². The predicted molar refractivity (Wildman–Crippen MR) is 132 cm³/mol. The number of aromatic amines is 1. The lowest BCUT2D eigenvalue weighted by atomic mass is 9.72. The Morgan fingerprint density at radius 3 is 2.83 bits per heavy atom. The fourth-order valence-electron chi connectivity index (χ4n) is 5.85. The molecule has 0 saturated carbocycles. The topological polar surface area (TPSA) is 129 Å². The summed E-state index contributed by atoms with van der Waals surface area (Å²) in [5, 5.41) is 18.3. The fraction of sp³-hybridized carbons (Fsp3) is 0.520. The van der Waals surface area contributed by atoms with Gasteiger partial charge in [-0.3, -0.25) is 9.69 Å². The molecule has 0 spiro atoms. The smallest absolute Gasteiger partial charge is 0.291 e. The van der Waals surface area contributed by atoms with Gasteiger partial charge in [-0.25, -0.2) is 4.98 Å². The Morgan fingerprint density at radius 2 is 2.14 bits per heavy atom. The van der Waals surface area contributed by atoms with Crippen molar-refractivity contribution in [2.75, 3.05) is 19.6 Å². The number of piperidine rings is 1. The van der Waals surface area contributed by atoms with E-state index in [1.54, 1.807) is 6.33 Å². The number of hydrogen-bond acceptors (Lipinski definition) is 5. The highest BCUT2D eigenvalue weighted by Gasteiger charge is 2.42. The summed E-state index contributed by atoms with van der Waals surface area (Å²) in [4.78, 5) is 31.2. The zero-order valence-electron chi connectivity index (χ0n) is 20.3. The molecule has 10 heteroatoms. The van der Waals surface area contributed by atoms with E-state index in [0.29, 0.717) is 18.5 Å². The minimum atomic E-state index is -1.50. The molecule has 2 aromatic heterocycles. The number of H-pyrrole nitrogens is 1. The zero-order chi connectivity index (χ0) is 24.9. The van der Waals surface area contributed by atoms with Gasteiger partial charge in [0.15, 0.2) is 0 Å². The summed E-state index contributed by atoms with van der Waals surface area (Å²) in [5.74, 6) is 0.697. The van der Waals surface area contributed by atoms with Crippen LogP contribution >= 0.6 is 0 Å². The van der Waals surface area contributed by atoms with E-state index < -0.39 is 5.09 Å². The molecule has 10 nitrogen and oxygen atoms in total. The maximum Gasteiger partial charge on any atom is 0.291 e. The van der Waals surface area contributed by atoms with Gasteiger partial charge >= 0.3 is 0 Å². The molecule has 3 N–H and O–H groups in total. The van der Waals surface area contributed by atoms with E-state index in [1.165, 1.54) is 22.0 Å². The number of nitrogens with one attached hydrogen (secondary N) is 2. The van der Waals surface area contributed by atoms with Crippen molar-refractivity contribution in [1.29, 1.82) is 0 Å². The van der Waals surface area contributed by atoms with Crippen LogP contribution in [0.3, 0.4) is 0 Å². The van der Waals surface area contributed by atoms with E-state index in [-0.39, 0.29) is 11.8 Å². The third kappa shape index (κ3) is 5.32. The van der Waals surface area contributed by atoms with Gasteiger partial charge in [0.2, 0.25) is 5.91 Å². The van der Waals surface area contributed by atoms with Crippen LogP contribution in [0.15, 0.2) is 36.9 Å². The van der Waals surface area contributed by atoms with Gasteiger partial charge in [0.25, 0.3) is 5.09 Å². The Kier molecular flexibility index (Phi) is 7.70. The number of benzene rings is 1. The van der Waals surface area contributed by atoms with E-state index in [2.05, 4.69) is 63.0 Å². The first-order valence-electron chi connectivity index (χ1n) is 12.4. The molecule has 0 radical (unpaired) electrons. The number of likely N-dealkylation sites (N-methyl/N-ethyl adjacent to an activating group) is 1. The van der Waals surface area contributed by atoms with Crippen molar-refractivity contribution in [3.8, 4) is 0 Å². The molecule has 3 heterocycles. The summed E-state index contributed by atoms with van der Waals surface area (Å²) in [6.07, 6.45) is 9.80. The van der Waals surface area contributed by atoms with Gasteiger partial charge in [-0.1, -0.05) is 19.1 Å². The van der Waals surface area contributed by atoms with Crippen molar-refractivity contribution >= 4 is 16.8 Å². The molecule has 3 atom stereocenters. The Bertz CT molecular complexity index is 1150. The Balaban J connectivity index is 0.000000672.